The van der Waals surface area contributed by atoms with Crippen LogP contribution in [0.25, 0.3) is 0 Å². The molecule has 0 aromatic heterocycles. The SMILES string of the molecule is CC1CN(C(=O)C(N)C(F)(F)F)CCS1. The standard InChI is InChI=1S/C8H13F3N2OS/c1-5-4-13(2-3-15-5)7(14)6(12)8(9,10)11/h5-6H,2-4,12H2,1H3. The molecule has 1 heterocycles. The Morgan fingerprint density at radius 3 is 2.67 bits per heavy atom. The van der Waals surface area contributed by atoms with E-state index in [2.05, 4.69) is 0 Å². The van der Waals surface area contributed by atoms with Crippen molar-refractivity contribution in [1.29, 1.82) is 0 Å². The summed E-state index contributed by atoms with van der Waals surface area (Å²) in [6.45, 7) is 2.56. The third-order valence-electron chi connectivity index (χ3n) is 2.17. The van der Waals surface area contributed by atoms with Crippen molar-refractivity contribution in [3.63, 3.8) is 0 Å². The minimum Gasteiger partial charge on any atom is -0.339 e. The minimum absolute atomic E-state index is 0.170. The van der Waals surface area contributed by atoms with Crippen LogP contribution in [0, 0.1) is 0 Å². The number of nitrogens with two attached hydrogens (primary N) is 1. The number of carbonyl (C=O) groups is 1. The molecule has 7 heteroatoms. The van der Waals surface area contributed by atoms with Crippen molar-refractivity contribution >= 4 is 17.7 Å². The molecular weight excluding hydrogens is 229 g/mol. The maximum atomic E-state index is 12.2. The summed E-state index contributed by atoms with van der Waals surface area (Å²) in [6, 6.07) is -2.38. The van der Waals surface area contributed by atoms with Crippen molar-refractivity contribution in [2.75, 3.05) is 18.8 Å². The van der Waals surface area contributed by atoms with Crippen LogP contribution >= 0.6 is 11.8 Å². The highest BCUT2D eigenvalue weighted by atomic mass is 32.2. The van der Waals surface area contributed by atoms with Crippen molar-refractivity contribution in [2.45, 2.75) is 24.4 Å². The fraction of sp³-hybridized carbons (Fsp3) is 0.875. The summed E-state index contributed by atoms with van der Waals surface area (Å²) in [4.78, 5) is 12.6. The molecule has 1 amide bonds. The average Bonchev–Trinajstić information content (AvgIpc) is 2.14. The predicted molar refractivity (Wildman–Crippen MR) is 52.5 cm³/mol. The maximum absolute atomic E-state index is 12.2. The van der Waals surface area contributed by atoms with Crippen LogP contribution in [-0.4, -0.2) is 47.1 Å². The molecule has 15 heavy (non-hydrogen) atoms. The van der Waals surface area contributed by atoms with Gasteiger partial charge in [-0.3, -0.25) is 4.79 Å². The molecule has 1 fully saturated rings. The summed E-state index contributed by atoms with van der Waals surface area (Å²) in [5, 5.41) is 0.170. The number of carbonyl (C=O) groups excluding carboxylic acids is 1. The van der Waals surface area contributed by atoms with Crippen LogP contribution in [0.4, 0.5) is 13.2 Å². The number of rotatable bonds is 1. The molecule has 3 nitrogen and oxygen atoms in total. The highest BCUT2D eigenvalue weighted by molar-refractivity contribution is 7.99. The lowest BCUT2D eigenvalue weighted by molar-refractivity contribution is -0.169. The normalized spacial score (nSPS) is 25.1. The highest BCUT2D eigenvalue weighted by Gasteiger charge is 2.44. The molecule has 2 N–H and O–H groups in total. The predicted octanol–water partition coefficient (Wildman–Crippen LogP) is 0.840. The molecule has 1 saturated heterocycles. The molecule has 0 aliphatic carbocycles. The molecule has 0 saturated carbocycles. The molecule has 0 radical (unpaired) electrons. The number of alkyl halides is 3. The van der Waals surface area contributed by atoms with Crippen LogP contribution in [0.2, 0.25) is 0 Å². The van der Waals surface area contributed by atoms with Crippen molar-refractivity contribution in [1.82, 2.24) is 4.90 Å². The maximum Gasteiger partial charge on any atom is 0.412 e. The van der Waals surface area contributed by atoms with Gasteiger partial charge in [-0.1, -0.05) is 6.92 Å². The van der Waals surface area contributed by atoms with Gasteiger partial charge in [-0.15, -0.1) is 0 Å². The van der Waals surface area contributed by atoms with E-state index in [9.17, 15) is 18.0 Å². The third kappa shape index (κ3) is 3.27. The summed E-state index contributed by atoms with van der Waals surface area (Å²) in [6.07, 6.45) is -4.65. The van der Waals surface area contributed by atoms with Gasteiger partial charge in [0.25, 0.3) is 0 Å². The highest BCUT2D eigenvalue weighted by Crippen LogP contribution is 2.23. The van der Waals surface area contributed by atoms with Gasteiger partial charge in [-0.25, -0.2) is 0 Å². The average molecular weight is 242 g/mol. The van der Waals surface area contributed by atoms with Crippen LogP contribution in [0.1, 0.15) is 6.92 Å². The van der Waals surface area contributed by atoms with Gasteiger partial charge in [-0.05, 0) is 0 Å². The lowest BCUT2D eigenvalue weighted by Crippen LogP contribution is -2.54. The van der Waals surface area contributed by atoms with Crippen LogP contribution in [0.5, 0.6) is 0 Å². The second kappa shape index (κ2) is 4.61. The fourth-order valence-electron chi connectivity index (χ4n) is 1.36. The number of nitrogens with zero attached hydrogens (tertiary/aromatic N) is 1. The van der Waals surface area contributed by atoms with Gasteiger partial charge in [0.1, 0.15) is 0 Å². The van der Waals surface area contributed by atoms with Gasteiger partial charge < -0.3 is 10.6 Å². The first-order chi connectivity index (χ1) is 6.82. The van der Waals surface area contributed by atoms with Crippen molar-refractivity contribution in [3.8, 4) is 0 Å². The van der Waals surface area contributed by atoms with Crippen molar-refractivity contribution in [2.24, 2.45) is 5.73 Å². The van der Waals surface area contributed by atoms with Gasteiger partial charge in [0.15, 0.2) is 6.04 Å². The van der Waals surface area contributed by atoms with E-state index in [0.29, 0.717) is 18.8 Å². The van der Waals surface area contributed by atoms with E-state index in [0.717, 1.165) is 0 Å². The lowest BCUT2D eigenvalue weighted by atomic mass is 10.2. The zero-order valence-electron chi connectivity index (χ0n) is 8.25. The Bertz CT molecular complexity index is 247. The number of hydrogen-bond acceptors (Lipinski definition) is 3. The van der Waals surface area contributed by atoms with Crippen molar-refractivity contribution < 1.29 is 18.0 Å². The monoisotopic (exact) mass is 242 g/mol. The van der Waals surface area contributed by atoms with E-state index in [1.807, 2.05) is 6.92 Å². The summed E-state index contributed by atoms with van der Waals surface area (Å²) in [5.41, 5.74) is 4.85. The van der Waals surface area contributed by atoms with Gasteiger partial charge in [-0.2, -0.15) is 24.9 Å². The van der Waals surface area contributed by atoms with Crippen LogP contribution in [-0.2, 0) is 4.79 Å². The molecule has 1 aliphatic heterocycles. The molecule has 0 aromatic carbocycles. The number of amides is 1. The molecule has 0 aromatic rings. The van der Waals surface area contributed by atoms with Gasteiger partial charge in [0.05, 0.1) is 0 Å². The molecular formula is C8H13F3N2OS. The van der Waals surface area contributed by atoms with E-state index < -0.39 is 18.1 Å². The molecule has 2 atom stereocenters. The van der Waals surface area contributed by atoms with Gasteiger partial charge in [0, 0.05) is 24.1 Å². The summed E-state index contributed by atoms with van der Waals surface area (Å²) >= 11 is 1.64. The Kier molecular flexibility index (Phi) is 3.88. The zero-order chi connectivity index (χ0) is 11.6. The Hall–Kier alpha value is -0.430. The first-order valence-electron chi connectivity index (χ1n) is 4.55. The second-order valence-corrected chi connectivity index (χ2v) is 5.03. The Balaban J connectivity index is 2.60. The van der Waals surface area contributed by atoms with Gasteiger partial charge in [0.2, 0.25) is 5.91 Å². The van der Waals surface area contributed by atoms with E-state index in [1.165, 1.54) is 4.90 Å². The summed E-state index contributed by atoms with van der Waals surface area (Å²) in [7, 11) is 0. The van der Waals surface area contributed by atoms with E-state index >= 15 is 0 Å². The Labute approximate surface area is 90.2 Å². The molecule has 1 aliphatic rings. The van der Waals surface area contributed by atoms with Crippen molar-refractivity contribution in [3.05, 3.63) is 0 Å². The minimum atomic E-state index is -4.65. The first kappa shape index (κ1) is 12.6. The number of halogens is 3. The fourth-order valence-corrected chi connectivity index (χ4v) is 2.37. The van der Waals surface area contributed by atoms with E-state index in [-0.39, 0.29) is 5.25 Å². The molecule has 0 spiro atoms. The van der Waals surface area contributed by atoms with Crippen LogP contribution in [0.15, 0.2) is 0 Å². The summed E-state index contributed by atoms with van der Waals surface area (Å²) in [5.74, 6) is -0.355. The smallest absolute Gasteiger partial charge is 0.339 e. The lowest BCUT2D eigenvalue weighted by Gasteiger charge is -2.32. The van der Waals surface area contributed by atoms with E-state index in [4.69, 9.17) is 5.73 Å². The Morgan fingerprint density at radius 2 is 2.20 bits per heavy atom. The largest absolute Gasteiger partial charge is 0.412 e. The third-order valence-corrected chi connectivity index (χ3v) is 3.31. The molecule has 1 rings (SSSR count). The topological polar surface area (TPSA) is 46.3 Å². The van der Waals surface area contributed by atoms with E-state index in [1.54, 1.807) is 11.8 Å². The number of thioether (sulfide) groups is 1. The first-order valence-corrected chi connectivity index (χ1v) is 5.60. The summed E-state index contributed by atoms with van der Waals surface area (Å²) < 4.78 is 36.5. The number of hydrogen-bond donors (Lipinski definition) is 1. The second-order valence-electron chi connectivity index (χ2n) is 3.48. The van der Waals surface area contributed by atoms with Gasteiger partial charge >= 0.3 is 6.18 Å². The molecule has 0 bridgehead atoms. The molecule has 88 valence electrons. The quantitative estimate of drug-likeness (QED) is 0.741. The molecule has 2 unspecified atom stereocenters. The zero-order valence-corrected chi connectivity index (χ0v) is 9.07. The van der Waals surface area contributed by atoms with Crippen LogP contribution < -0.4 is 5.73 Å². The Morgan fingerprint density at radius 1 is 1.60 bits per heavy atom. The van der Waals surface area contributed by atoms with Crippen LogP contribution in [0.3, 0.4) is 0 Å².